The molecule has 160 valence electrons. The second kappa shape index (κ2) is 9.96. The highest BCUT2D eigenvalue weighted by Gasteiger charge is 2.19. The van der Waals surface area contributed by atoms with Crippen molar-refractivity contribution in [2.75, 3.05) is 18.5 Å². The summed E-state index contributed by atoms with van der Waals surface area (Å²) in [5, 5.41) is 12.8. The van der Waals surface area contributed by atoms with Crippen LogP contribution in [0.2, 0.25) is 0 Å². The monoisotopic (exact) mass is 408 g/mol. The van der Waals surface area contributed by atoms with Gasteiger partial charge in [-0.25, -0.2) is 4.98 Å². The molecular formula is C25H32N2O3. The van der Waals surface area contributed by atoms with E-state index in [9.17, 15) is 9.90 Å². The fourth-order valence-corrected chi connectivity index (χ4v) is 4.59. The van der Waals surface area contributed by atoms with Crippen LogP contribution in [0, 0.1) is 0 Å². The highest BCUT2D eigenvalue weighted by Crippen LogP contribution is 2.33. The van der Waals surface area contributed by atoms with Crippen LogP contribution >= 0.6 is 0 Å². The maximum Gasteiger partial charge on any atom is 0.303 e. The third-order valence-electron chi connectivity index (χ3n) is 6.30. The molecule has 2 N–H and O–H groups in total. The van der Waals surface area contributed by atoms with E-state index in [0.717, 1.165) is 81.6 Å². The van der Waals surface area contributed by atoms with Gasteiger partial charge in [0.2, 0.25) is 0 Å². The summed E-state index contributed by atoms with van der Waals surface area (Å²) in [6, 6.07) is 10.7. The van der Waals surface area contributed by atoms with Crippen molar-refractivity contribution >= 4 is 11.8 Å². The van der Waals surface area contributed by atoms with E-state index in [0.29, 0.717) is 0 Å². The number of fused-ring (bicyclic) bond motifs is 2. The van der Waals surface area contributed by atoms with Gasteiger partial charge in [0.1, 0.15) is 11.6 Å². The van der Waals surface area contributed by atoms with E-state index in [4.69, 9.17) is 9.72 Å². The number of hydrogen-bond acceptors (Lipinski definition) is 4. The molecule has 0 radical (unpaired) electrons. The standard InChI is InChI=1S/C25H32N2O3/c28-24(29)17-20(21-10-9-18-13-15-30-23(18)16-21)6-3-1-2-4-8-22-12-11-19-7-5-14-26-25(19)27-22/h9-12,16,20H,1-8,13-15,17H2,(H,26,27)(H,28,29)/t20-/m0/s1. The summed E-state index contributed by atoms with van der Waals surface area (Å²) in [4.78, 5) is 16.1. The van der Waals surface area contributed by atoms with Gasteiger partial charge >= 0.3 is 5.97 Å². The number of aromatic nitrogens is 1. The third kappa shape index (κ3) is 5.32. The Hall–Kier alpha value is -2.56. The van der Waals surface area contributed by atoms with Crippen molar-refractivity contribution in [1.29, 1.82) is 0 Å². The first kappa shape index (κ1) is 20.7. The molecule has 0 bridgehead atoms. The molecule has 2 aromatic rings. The number of carboxylic acid groups (broad SMARTS) is 1. The molecule has 0 unspecified atom stereocenters. The largest absolute Gasteiger partial charge is 0.493 e. The number of ether oxygens (including phenoxy) is 1. The molecule has 0 saturated heterocycles. The van der Waals surface area contributed by atoms with Gasteiger partial charge in [-0.3, -0.25) is 4.79 Å². The van der Waals surface area contributed by atoms with Crippen LogP contribution in [0.25, 0.3) is 0 Å². The Morgan fingerprint density at radius 1 is 1.10 bits per heavy atom. The Morgan fingerprint density at radius 2 is 1.97 bits per heavy atom. The minimum absolute atomic E-state index is 0.0605. The van der Waals surface area contributed by atoms with Crippen molar-refractivity contribution in [3.8, 4) is 5.75 Å². The Morgan fingerprint density at radius 3 is 2.87 bits per heavy atom. The number of pyridine rings is 1. The number of nitrogens with one attached hydrogen (secondary N) is 1. The maximum absolute atomic E-state index is 11.4. The van der Waals surface area contributed by atoms with Gasteiger partial charge < -0.3 is 15.2 Å². The molecule has 0 saturated carbocycles. The number of carboxylic acids is 1. The van der Waals surface area contributed by atoms with E-state index in [-0.39, 0.29) is 12.3 Å². The highest BCUT2D eigenvalue weighted by molar-refractivity contribution is 5.68. The maximum atomic E-state index is 11.4. The van der Waals surface area contributed by atoms with Crippen LogP contribution in [0.15, 0.2) is 30.3 Å². The molecule has 2 aliphatic rings. The van der Waals surface area contributed by atoms with E-state index in [1.54, 1.807) is 0 Å². The molecule has 0 spiro atoms. The Labute approximate surface area is 178 Å². The van der Waals surface area contributed by atoms with Gasteiger partial charge in [0.05, 0.1) is 13.0 Å². The predicted molar refractivity (Wildman–Crippen MR) is 118 cm³/mol. The molecule has 0 amide bonds. The minimum atomic E-state index is -0.728. The quantitative estimate of drug-likeness (QED) is 0.534. The summed E-state index contributed by atoms with van der Waals surface area (Å²) in [6.45, 7) is 1.76. The number of nitrogens with zero attached hydrogens (tertiary/aromatic N) is 1. The van der Waals surface area contributed by atoms with Gasteiger partial charge in [-0.15, -0.1) is 0 Å². The van der Waals surface area contributed by atoms with Crippen molar-refractivity contribution < 1.29 is 14.6 Å². The molecule has 0 fully saturated rings. The van der Waals surface area contributed by atoms with Crippen LogP contribution < -0.4 is 10.1 Å². The molecule has 5 nitrogen and oxygen atoms in total. The Bertz CT molecular complexity index is 881. The van der Waals surface area contributed by atoms with E-state index >= 15 is 0 Å². The molecule has 1 aromatic carbocycles. The molecule has 4 rings (SSSR count). The number of hydrogen-bond donors (Lipinski definition) is 2. The summed E-state index contributed by atoms with van der Waals surface area (Å²) in [6.07, 6.45) is 9.83. The number of aryl methyl sites for hydroxylation is 2. The number of aliphatic carboxylic acids is 1. The second-order valence-corrected chi connectivity index (χ2v) is 8.55. The highest BCUT2D eigenvalue weighted by atomic mass is 16.5. The van der Waals surface area contributed by atoms with E-state index in [2.05, 4.69) is 35.6 Å². The lowest BCUT2D eigenvalue weighted by Gasteiger charge is -2.17. The number of carbonyl (C=O) groups is 1. The van der Waals surface area contributed by atoms with Crippen LogP contribution in [-0.2, 0) is 24.1 Å². The lowest BCUT2D eigenvalue weighted by molar-refractivity contribution is -0.137. The fraction of sp³-hybridized carbons (Fsp3) is 0.520. The first-order chi connectivity index (χ1) is 14.7. The van der Waals surface area contributed by atoms with Gasteiger partial charge in [0.25, 0.3) is 0 Å². The van der Waals surface area contributed by atoms with E-state index in [1.165, 1.54) is 23.2 Å². The summed E-state index contributed by atoms with van der Waals surface area (Å²) < 4.78 is 5.67. The second-order valence-electron chi connectivity index (χ2n) is 8.55. The smallest absolute Gasteiger partial charge is 0.303 e. The average Bonchev–Trinajstić information content (AvgIpc) is 3.23. The van der Waals surface area contributed by atoms with Crippen LogP contribution in [0.5, 0.6) is 5.75 Å². The topological polar surface area (TPSA) is 71.5 Å². The van der Waals surface area contributed by atoms with Crippen molar-refractivity contribution in [2.24, 2.45) is 0 Å². The van der Waals surface area contributed by atoms with Gasteiger partial charge in [-0.2, -0.15) is 0 Å². The first-order valence-corrected chi connectivity index (χ1v) is 11.4. The number of anilines is 1. The van der Waals surface area contributed by atoms with Crippen LogP contribution in [0.4, 0.5) is 5.82 Å². The first-order valence-electron chi connectivity index (χ1n) is 11.4. The molecule has 1 atom stereocenters. The summed E-state index contributed by atoms with van der Waals surface area (Å²) in [5.41, 5.74) is 4.85. The zero-order valence-corrected chi connectivity index (χ0v) is 17.7. The number of benzene rings is 1. The summed E-state index contributed by atoms with van der Waals surface area (Å²) in [5.74, 6) is 1.35. The van der Waals surface area contributed by atoms with Gasteiger partial charge in [-0.1, -0.05) is 37.5 Å². The fourth-order valence-electron chi connectivity index (χ4n) is 4.59. The van der Waals surface area contributed by atoms with Gasteiger partial charge in [0.15, 0.2) is 0 Å². The molecule has 2 aliphatic heterocycles. The SMILES string of the molecule is O=C(O)C[C@H](CCCCCCc1ccc2c(n1)NCCC2)c1ccc2c(c1)OCC2. The molecular weight excluding hydrogens is 376 g/mol. The number of rotatable bonds is 10. The minimum Gasteiger partial charge on any atom is -0.493 e. The van der Waals surface area contributed by atoms with Crippen LogP contribution in [0.1, 0.15) is 73.2 Å². The van der Waals surface area contributed by atoms with Crippen LogP contribution in [-0.4, -0.2) is 29.2 Å². The Balaban J connectivity index is 1.22. The third-order valence-corrected chi connectivity index (χ3v) is 6.30. The molecule has 1 aromatic heterocycles. The molecule has 0 aliphatic carbocycles. The van der Waals surface area contributed by atoms with Gasteiger partial charge in [-0.05, 0) is 66.8 Å². The molecule has 3 heterocycles. The molecule has 30 heavy (non-hydrogen) atoms. The van der Waals surface area contributed by atoms with E-state index < -0.39 is 5.97 Å². The Kier molecular flexibility index (Phi) is 6.88. The zero-order chi connectivity index (χ0) is 20.8. The predicted octanol–water partition coefficient (Wildman–Crippen LogP) is 5.13. The lowest BCUT2D eigenvalue weighted by atomic mass is 9.89. The summed E-state index contributed by atoms with van der Waals surface area (Å²) >= 11 is 0. The van der Waals surface area contributed by atoms with Crippen molar-refractivity contribution in [1.82, 2.24) is 4.98 Å². The molecule has 5 heteroatoms. The van der Waals surface area contributed by atoms with Crippen molar-refractivity contribution in [3.63, 3.8) is 0 Å². The van der Waals surface area contributed by atoms with Crippen molar-refractivity contribution in [3.05, 3.63) is 52.7 Å². The van der Waals surface area contributed by atoms with E-state index in [1.807, 2.05) is 0 Å². The summed E-state index contributed by atoms with van der Waals surface area (Å²) in [7, 11) is 0. The van der Waals surface area contributed by atoms with Gasteiger partial charge in [0, 0.05) is 18.7 Å². The zero-order valence-electron chi connectivity index (χ0n) is 17.7. The average molecular weight is 409 g/mol. The number of unbranched alkanes of at least 4 members (excludes halogenated alkanes) is 3. The lowest BCUT2D eigenvalue weighted by Crippen LogP contribution is -2.13. The van der Waals surface area contributed by atoms with Crippen molar-refractivity contribution in [2.45, 2.75) is 70.1 Å². The van der Waals surface area contributed by atoms with Crippen LogP contribution in [0.3, 0.4) is 0 Å². The normalized spacial score (nSPS) is 15.6.